The fraction of sp³-hybridized carbons (Fsp3) is 0.286. The second-order valence-corrected chi connectivity index (χ2v) is 11.4. The lowest BCUT2D eigenvalue weighted by Gasteiger charge is -2.32. The molecule has 0 aliphatic carbocycles. The Morgan fingerprint density at radius 2 is 1.56 bits per heavy atom. The van der Waals surface area contributed by atoms with Gasteiger partial charge in [0, 0.05) is 44.8 Å². The molecule has 0 heterocycles. The average Bonchev–Trinajstić information content (AvgIpc) is 2.84. The van der Waals surface area contributed by atoms with Crippen LogP contribution < -0.4 is 5.32 Å². The quantitative estimate of drug-likeness (QED) is 0.252. The summed E-state index contributed by atoms with van der Waals surface area (Å²) < 4.78 is 1.01. The predicted octanol–water partition coefficient (Wildman–Crippen LogP) is 7.15. The van der Waals surface area contributed by atoms with Crippen molar-refractivity contribution >= 4 is 62.7 Å². The zero-order valence-electron chi connectivity index (χ0n) is 20.2. The van der Waals surface area contributed by atoms with Crippen molar-refractivity contribution in [3.05, 3.63) is 104 Å². The Balaban J connectivity index is 1.89. The van der Waals surface area contributed by atoms with Gasteiger partial charge in [0.25, 0.3) is 0 Å². The highest BCUT2D eigenvalue weighted by Crippen LogP contribution is 2.28. The number of thioether (sulfide) groups is 1. The first-order valence-electron chi connectivity index (χ1n) is 11.6. The first-order chi connectivity index (χ1) is 17.2. The molecular formula is C28H29BrCl2N2O2S. The van der Waals surface area contributed by atoms with Crippen molar-refractivity contribution in [2.24, 2.45) is 0 Å². The van der Waals surface area contributed by atoms with Gasteiger partial charge in [-0.25, -0.2) is 0 Å². The van der Waals surface area contributed by atoms with Gasteiger partial charge in [0.1, 0.15) is 6.04 Å². The van der Waals surface area contributed by atoms with Crippen LogP contribution in [0.5, 0.6) is 0 Å². The Bertz CT molecular complexity index is 1140. The van der Waals surface area contributed by atoms with Gasteiger partial charge in [-0.2, -0.15) is 0 Å². The van der Waals surface area contributed by atoms with Crippen LogP contribution >= 0.6 is 50.9 Å². The number of carbonyl (C=O) groups excluding carboxylic acids is 2. The van der Waals surface area contributed by atoms with Crippen molar-refractivity contribution in [1.29, 1.82) is 0 Å². The van der Waals surface area contributed by atoms with E-state index in [1.807, 2.05) is 68.4 Å². The third kappa shape index (κ3) is 8.55. The molecule has 0 fully saturated rings. The minimum atomic E-state index is -0.720. The van der Waals surface area contributed by atoms with E-state index in [2.05, 4.69) is 21.2 Å². The molecule has 36 heavy (non-hydrogen) atoms. The van der Waals surface area contributed by atoms with Gasteiger partial charge in [-0.05, 0) is 49.2 Å². The lowest BCUT2D eigenvalue weighted by Crippen LogP contribution is -2.52. The van der Waals surface area contributed by atoms with E-state index in [0.29, 0.717) is 27.8 Å². The van der Waals surface area contributed by atoms with Gasteiger partial charge in [0.05, 0.1) is 5.75 Å². The van der Waals surface area contributed by atoms with E-state index in [4.69, 9.17) is 23.2 Å². The van der Waals surface area contributed by atoms with Crippen molar-refractivity contribution < 1.29 is 9.59 Å². The van der Waals surface area contributed by atoms with Gasteiger partial charge < -0.3 is 10.2 Å². The number of hydrogen-bond donors (Lipinski definition) is 1. The topological polar surface area (TPSA) is 49.4 Å². The van der Waals surface area contributed by atoms with Crippen LogP contribution in [0.3, 0.4) is 0 Å². The Morgan fingerprint density at radius 1 is 0.917 bits per heavy atom. The molecule has 0 saturated heterocycles. The van der Waals surface area contributed by atoms with Crippen LogP contribution in [0.25, 0.3) is 0 Å². The number of nitrogens with one attached hydrogen (secondary N) is 1. The third-order valence-corrected chi connectivity index (χ3v) is 7.73. The van der Waals surface area contributed by atoms with E-state index in [1.165, 1.54) is 11.8 Å². The number of halogens is 3. The summed E-state index contributed by atoms with van der Waals surface area (Å²) in [5.74, 6) is 0.552. The number of amides is 2. The normalized spacial score (nSPS) is 11.8. The van der Waals surface area contributed by atoms with Gasteiger partial charge in [0.15, 0.2) is 0 Å². The summed E-state index contributed by atoms with van der Waals surface area (Å²) in [6.07, 6.45) is 0.380. The molecular weight excluding hydrogens is 579 g/mol. The summed E-state index contributed by atoms with van der Waals surface area (Å²) in [7, 11) is 0. The largest absolute Gasteiger partial charge is 0.352 e. The molecule has 0 unspecified atom stereocenters. The Morgan fingerprint density at radius 3 is 2.17 bits per heavy atom. The molecule has 190 valence electrons. The number of hydrogen-bond acceptors (Lipinski definition) is 3. The zero-order chi connectivity index (χ0) is 26.1. The van der Waals surface area contributed by atoms with Crippen LogP contribution in [0.1, 0.15) is 30.5 Å². The van der Waals surface area contributed by atoms with Crippen molar-refractivity contribution in [3.8, 4) is 0 Å². The number of benzene rings is 3. The van der Waals surface area contributed by atoms with Gasteiger partial charge in [-0.15, -0.1) is 11.8 Å². The molecule has 0 spiro atoms. The molecule has 2 amide bonds. The highest BCUT2D eigenvalue weighted by molar-refractivity contribution is 9.10. The first-order valence-corrected chi connectivity index (χ1v) is 14.3. The first kappa shape index (κ1) is 28.6. The molecule has 3 aromatic carbocycles. The summed E-state index contributed by atoms with van der Waals surface area (Å²) in [4.78, 5) is 28.7. The number of rotatable bonds is 11. The highest BCUT2D eigenvalue weighted by Gasteiger charge is 2.31. The molecule has 0 bridgehead atoms. The molecule has 0 aliphatic heterocycles. The molecule has 0 aliphatic rings. The molecule has 4 nitrogen and oxygen atoms in total. The second kappa shape index (κ2) is 14.1. The Hall–Kier alpha value is -1.99. The molecule has 0 aromatic heterocycles. The summed E-state index contributed by atoms with van der Waals surface area (Å²) in [6.45, 7) is 3.95. The van der Waals surface area contributed by atoms with Crippen LogP contribution in [-0.2, 0) is 28.3 Å². The molecule has 8 heteroatoms. The molecule has 0 saturated carbocycles. The lowest BCUT2D eigenvalue weighted by atomic mass is 10.0. The van der Waals surface area contributed by atoms with E-state index in [0.717, 1.165) is 15.6 Å². The average molecular weight is 608 g/mol. The maximum atomic E-state index is 13.7. The third-order valence-electron chi connectivity index (χ3n) is 5.50. The molecule has 1 N–H and O–H groups in total. The van der Waals surface area contributed by atoms with Gasteiger partial charge in [-0.3, -0.25) is 9.59 Å². The van der Waals surface area contributed by atoms with Crippen LogP contribution in [0.2, 0.25) is 10.0 Å². The van der Waals surface area contributed by atoms with E-state index < -0.39 is 6.04 Å². The fourth-order valence-electron chi connectivity index (χ4n) is 3.71. The second-order valence-electron chi connectivity index (χ2n) is 8.71. The van der Waals surface area contributed by atoms with E-state index in [9.17, 15) is 9.59 Å². The molecule has 1 atom stereocenters. The SMILES string of the molecule is CC(C)NC(=O)[C@@H](Cc1ccccc1)N(Cc1c(Cl)cccc1Cl)C(=O)CSCc1ccc(Br)cc1. The predicted molar refractivity (Wildman–Crippen MR) is 155 cm³/mol. The van der Waals surface area contributed by atoms with E-state index in [-0.39, 0.29) is 30.2 Å². The maximum absolute atomic E-state index is 13.7. The Labute approximate surface area is 235 Å². The minimum absolute atomic E-state index is 0.0663. The maximum Gasteiger partial charge on any atom is 0.243 e. The van der Waals surface area contributed by atoms with E-state index in [1.54, 1.807) is 23.1 Å². The summed E-state index contributed by atoms with van der Waals surface area (Å²) in [6, 6.07) is 22.2. The molecule has 3 aromatic rings. The van der Waals surface area contributed by atoms with Gasteiger partial charge >= 0.3 is 0 Å². The minimum Gasteiger partial charge on any atom is -0.352 e. The number of nitrogens with zero attached hydrogens (tertiary/aromatic N) is 1. The van der Waals surface area contributed by atoms with Crippen LogP contribution in [0.15, 0.2) is 77.3 Å². The van der Waals surface area contributed by atoms with Gasteiger partial charge in [-0.1, -0.05) is 87.7 Å². The zero-order valence-corrected chi connectivity index (χ0v) is 24.1. The monoisotopic (exact) mass is 606 g/mol. The van der Waals surface area contributed by atoms with Crippen molar-refractivity contribution in [2.45, 2.75) is 44.6 Å². The molecule has 3 rings (SSSR count). The Kier molecular flexibility index (Phi) is 11.2. The summed E-state index contributed by atoms with van der Waals surface area (Å²) in [5.41, 5.74) is 2.71. The van der Waals surface area contributed by atoms with E-state index >= 15 is 0 Å². The van der Waals surface area contributed by atoms with Crippen LogP contribution in [-0.4, -0.2) is 34.6 Å². The number of carbonyl (C=O) groups is 2. The van der Waals surface area contributed by atoms with Crippen LogP contribution in [0, 0.1) is 0 Å². The van der Waals surface area contributed by atoms with Crippen LogP contribution in [0.4, 0.5) is 0 Å². The summed E-state index contributed by atoms with van der Waals surface area (Å²) in [5, 5.41) is 3.92. The summed E-state index contributed by atoms with van der Waals surface area (Å²) >= 11 is 17.9. The smallest absolute Gasteiger partial charge is 0.243 e. The highest BCUT2D eigenvalue weighted by atomic mass is 79.9. The standard InChI is InChI=1S/C28H29BrCl2N2O2S/c1-19(2)32-28(35)26(15-20-7-4-3-5-8-20)33(16-23-24(30)9-6-10-25(23)31)27(34)18-36-17-21-11-13-22(29)14-12-21/h3-14,19,26H,15-18H2,1-2H3,(H,32,35)/t26-/m1/s1. The van der Waals surface area contributed by atoms with Crippen molar-refractivity contribution in [3.63, 3.8) is 0 Å². The van der Waals surface area contributed by atoms with Crippen molar-refractivity contribution in [2.75, 3.05) is 5.75 Å². The lowest BCUT2D eigenvalue weighted by molar-refractivity contribution is -0.139. The molecule has 0 radical (unpaired) electrons. The van der Waals surface area contributed by atoms with Crippen molar-refractivity contribution in [1.82, 2.24) is 10.2 Å². The fourth-order valence-corrected chi connectivity index (χ4v) is 5.36. The van der Waals surface area contributed by atoms with Gasteiger partial charge in [0.2, 0.25) is 11.8 Å².